The van der Waals surface area contributed by atoms with Crippen LogP contribution in [0.5, 0.6) is 0 Å². The predicted octanol–water partition coefficient (Wildman–Crippen LogP) is 5.15. The molecule has 1 unspecified atom stereocenters. The van der Waals surface area contributed by atoms with E-state index in [1.807, 2.05) is 64.4 Å². The number of carbonyl (C=O) groups excluding carboxylic acids is 4. The monoisotopic (exact) mass is 837 g/mol. The zero-order valence-electron chi connectivity index (χ0n) is 35.6. The Morgan fingerprint density at radius 3 is 2.49 bits per heavy atom. The number of β-amino-alcohol motifs (C(OH)–C–C–N with tert-alkyl or cyclic N) is 1. The third-order valence-electron chi connectivity index (χ3n) is 13.5. The van der Waals surface area contributed by atoms with E-state index >= 15 is 0 Å². The summed E-state index contributed by atoms with van der Waals surface area (Å²) in [6, 6.07) is 6.12. The fourth-order valence-electron chi connectivity index (χ4n) is 10.1. The number of likely N-dealkylation sites (tertiary alicyclic amines) is 1. The summed E-state index contributed by atoms with van der Waals surface area (Å²) in [5.74, 6) is -1.10. The van der Waals surface area contributed by atoms with Crippen LogP contribution in [0.2, 0.25) is 0 Å². The summed E-state index contributed by atoms with van der Waals surface area (Å²) in [6.07, 6.45) is 3.51. The first-order chi connectivity index (χ1) is 28.0. The summed E-state index contributed by atoms with van der Waals surface area (Å²) < 4.78 is 13.0. The summed E-state index contributed by atoms with van der Waals surface area (Å²) in [4.78, 5) is 72.9. The third kappa shape index (κ3) is 9.11. The summed E-state index contributed by atoms with van der Waals surface area (Å²) in [5, 5.41) is 19.5. The van der Waals surface area contributed by atoms with Crippen LogP contribution in [0, 0.1) is 36.0 Å². The van der Waals surface area contributed by atoms with Gasteiger partial charge in [0.25, 0.3) is 0 Å². The molecule has 5 saturated heterocycles. The second kappa shape index (κ2) is 17.5. The van der Waals surface area contributed by atoms with Gasteiger partial charge in [0, 0.05) is 44.8 Å². The highest BCUT2D eigenvalue weighted by atomic mass is 32.1. The fraction of sp³-hybridized carbons (Fsp3) is 0.705. The molecular weight excluding hydrogens is 775 g/mol. The summed E-state index contributed by atoms with van der Waals surface area (Å²) in [7, 11) is 0. The van der Waals surface area contributed by atoms with E-state index in [1.165, 1.54) is 4.90 Å². The number of unbranched alkanes of at least 4 members (excludes halogenated alkanes) is 1. The van der Waals surface area contributed by atoms with E-state index < -0.39 is 47.2 Å². The van der Waals surface area contributed by atoms with E-state index in [-0.39, 0.29) is 73.9 Å². The van der Waals surface area contributed by atoms with E-state index in [1.54, 1.807) is 11.3 Å². The molecule has 1 aliphatic carbocycles. The van der Waals surface area contributed by atoms with Crippen LogP contribution < -0.4 is 16.0 Å². The zero-order valence-corrected chi connectivity index (χ0v) is 36.4. The van der Waals surface area contributed by atoms with Crippen LogP contribution in [0.4, 0.5) is 0 Å². The maximum absolute atomic E-state index is 14.0. The topological polar surface area (TPSA) is 178 Å². The third-order valence-corrected chi connectivity index (χ3v) is 14.5. The molecule has 6 heterocycles. The number of rotatable bonds is 13. The van der Waals surface area contributed by atoms with Gasteiger partial charge in [-0.1, -0.05) is 58.9 Å². The molecule has 15 heteroatoms. The average molecular weight is 838 g/mol. The highest BCUT2D eigenvalue weighted by Gasteiger charge is 2.69. The van der Waals surface area contributed by atoms with Gasteiger partial charge in [0.05, 0.1) is 34.7 Å². The first kappa shape index (κ1) is 43.6. The lowest BCUT2D eigenvalue weighted by molar-refractivity contribution is -0.570. The second-order valence-electron chi connectivity index (χ2n) is 18.9. The quantitative estimate of drug-likeness (QED) is 0.156. The van der Waals surface area contributed by atoms with E-state index in [2.05, 4.69) is 34.8 Å². The Bertz CT molecular complexity index is 1850. The fourth-order valence-corrected chi connectivity index (χ4v) is 10.9. The molecule has 1 aromatic heterocycles. The van der Waals surface area contributed by atoms with Crippen molar-refractivity contribution in [1.82, 2.24) is 25.8 Å². The molecule has 5 aliphatic heterocycles. The Hall–Kier alpha value is -3.47. The Balaban J connectivity index is 0.863. The average Bonchev–Trinajstić information content (AvgIpc) is 3.73. The molecule has 4 N–H and O–H groups in total. The lowest BCUT2D eigenvalue weighted by Crippen LogP contribution is -2.70. The molecule has 11 atom stereocenters. The van der Waals surface area contributed by atoms with Gasteiger partial charge in [0.15, 0.2) is 11.9 Å². The van der Waals surface area contributed by atoms with Crippen LogP contribution in [0.1, 0.15) is 111 Å². The van der Waals surface area contributed by atoms with Crippen molar-refractivity contribution in [2.24, 2.45) is 29.1 Å². The minimum absolute atomic E-state index is 0.00312. The largest absolute Gasteiger partial charge is 0.391 e. The number of hydrogen-bond donors (Lipinski definition) is 4. The first-order valence-corrected chi connectivity index (χ1v) is 22.4. The standard InChI is InChI=1S/C44H63N5O9S/c1-25-11-16-32-26(2)34(55-41-44(32)31(25)17-18-43(7,56-41)57-58-44)21-36(52)45-19-9-8-10-35(51)48-38(42(4,5)6)40(54)49-23-30(50)20-33(49)39(53)46-22-28-12-14-29(15-13-28)37-27(3)47-24-59-37/h12-15,24-26,30-34,38,41,50H,8-11,16-23H2,1-7H3,(H,45,52)(H,46,53)(H,48,51)/t25-,26-,30-,31+,32+,33+,34-,38-,41-,43?,44-/m1/s1. The second-order valence-corrected chi connectivity index (χ2v) is 19.8. The highest BCUT2D eigenvalue weighted by Crippen LogP contribution is 2.60. The minimum atomic E-state index is -0.912. The highest BCUT2D eigenvalue weighted by molar-refractivity contribution is 7.13. The van der Waals surface area contributed by atoms with Crippen LogP contribution >= 0.6 is 11.3 Å². The maximum Gasteiger partial charge on any atom is 0.246 e. The van der Waals surface area contributed by atoms with Gasteiger partial charge < -0.3 is 35.4 Å². The van der Waals surface area contributed by atoms with Crippen molar-refractivity contribution in [3.8, 4) is 10.4 Å². The molecule has 6 aliphatic rings. The van der Waals surface area contributed by atoms with Gasteiger partial charge in [-0.15, -0.1) is 11.3 Å². The van der Waals surface area contributed by atoms with Crippen LogP contribution in [-0.2, 0) is 45.0 Å². The van der Waals surface area contributed by atoms with Crippen molar-refractivity contribution in [3.63, 3.8) is 0 Å². The van der Waals surface area contributed by atoms with E-state index in [0.717, 1.165) is 47.4 Å². The predicted molar refractivity (Wildman–Crippen MR) is 220 cm³/mol. The molecule has 324 valence electrons. The van der Waals surface area contributed by atoms with Gasteiger partial charge in [-0.05, 0) is 80.2 Å². The lowest BCUT2D eigenvalue weighted by atomic mass is 9.57. The van der Waals surface area contributed by atoms with Crippen LogP contribution in [-0.4, -0.2) is 93.7 Å². The smallest absolute Gasteiger partial charge is 0.246 e. The molecule has 8 rings (SSSR count). The van der Waals surface area contributed by atoms with Gasteiger partial charge in [-0.25, -0.2) is 14.8 Å². The normalized spacial score (nSPS) is 33.1. The number of nitrogens with one attached hydrogen (secondary N) is 3. The SMILES string of the molecule is Cc1ncsc1-c1ccc(CNC(=O)[C@@H]2C[C@@H](O)CN2C(=O)[C@@H](NC(=O)CCCCNC(=O)C[C@H]2O[C@@H]3OC4(C)CC[C@H]5[C@H](C)CC[C@@H]([C@H]2C)[C@@]35OO4)C(C)(C)C)cc1. The lowest BCUT2D eigenvalue weighted by Gasteiger charge is -2.60. The zero-order chi connectivity index (χ0) is 42.3. The van der Waals surface area contributed by atoms with Crippen LogP contribution in [0.3, 0.4) is 0 Å². The first-order valence-electron chi connectivity index (χ1n) is 21.5. The number of aliphatic hydroxyl groups is 1. The maximum atomic E-state index is 14.0. The molecule has 6 fully saturated rings. The molecule has 4 amide bonds. The minimum Gasteiger partial charge on any atom is -0.391 e. The van der Waals surface area contributed by atoms with Crippen LogP contribution in [0.25, 0.3) is 10.4 Å². The number of benzene rings is 1. The number of ether oxygens (including phenoxy) is 2. The molecule has 1 spiro atoms. The number of nitrogens with zero attached hydrogens (tertiary/aromatic N) is 2. The van der Waals surface area contributed by atoms with Crippen molar-refractivity contribution in [2.75, 3.05) is 13.1 Å². The van der Waals surface area contributed by atoms with Gasteiger partial charge in [0.2, 0.25) is 29.4 Å². The number of aryl methyl sites for hydroxylation is 1. The number of aliphatic hydroxyl groups excluding tert-OH is 1. The van der Waals surface area contributed by atoms with E-state index in [9.17, 15) is 24.3 Å². The van der Waals surface area contributed by atoms with E-state index in [0.29, 0.717) is 25.3 Å². The summed E-state index contributed by atoms with van der Waals surface area (Å²) >= 11 is 1.58. The van der Waals surface area contributed by atoms with Crippen molar-refractivity contribution in [1.29, 1.82) is 0 Å². The Morgan fingerprint density at radius 2 is 1.78 bits per heavy atom. The Kier molecular flexibility index (Phi) is 12.9. The number of amides is 4. The van der Waals surface area contributed by atoms with Gasteiger partial charge in [0.1, 0.15) is 12.1 Å². The van der Waals surface area contributed by atoms with Gasteiger partial charge >= 0.3 is 0 Å². The molecule has 59 heavy (non-hydrogen) atoms. The van der Waals surface area contributed by atoms with Crippen molar-refractivity contribution >= 4 is 35.0 Å². The van der Waals surface area contributed by atoms with Crippen molar-refractivity contribution in [2.45, 2.75) is 155 Å². The molecule has 14 nitrogen and oxygen atoms in total. The van der Waals surface area contributed by atoms with Crippen molar-refractivity contribution < 1.29 is 43.5 Å². The van der Waals surface area contributed by atoms with E-state index in [4.69, 9.17) is 19.2 Å². The summed E-state index contributed by atoms with van der Waals surface area (Å²) in [6.45, 7) is 14.5. The molecule has 2 aromatic rings. The van der Waals surface area contributed by atoms with Gasteiger partial charge in [-0.3, -0.25) is 19.2 Å². The summed E-state index contributed by atoms with van der Waals surface area (Å²) in [5.41, 5.74) is 3.41. The number of thiazole rings is 1. The van der Waals surface area contributed by atoms with Crippen molar-refractivity contribution in [3.05, 3.63) is 41.0 Å². The molecular formula is C44H63N5O9S. The Labute approximate surface area is 351 Å². The molecule has 1 saturated carbocycles. The molecule has 0 radical (unpaired) electrons. The number of carbonyl (C=O) groups is 4. The van der Waals surface area contributed by atoms with Crippen LogP contribution in [0.15, 0.2) is 29.8 Å². The molecule has 1 aromatic carbocycles. The number of hydrogen-bond acceptors (Lipinski definition) is 11. The number of aromatic nitrogens is 1. The number of fused-ring (bicyclic) bond motifs is 2. The Morgan fingerprint density at radius 1 is 1.02 bits per heavy atom. The molecule has 2 bridgehead atoms. The van der Waals surface area contributed by atoms with Gasteiger partial charge in [-0.2, -0.15) is 0 Å².